The Kier molecular flexibility index (Phi) is 5.27. The van der Waals surface area contributed by atoms with Crippen molar-refractivity contribution >= 4 is 33.8 Å². The summed E-state index contributed by atoms with van der Waals surface area (Å²) >= 11 is 7.73. The maximum absolute atomic E-state index is 11.7. The summed E-state index contributed by atoms with van der Waals surface area (Å²) in [6.45, 7) is 6.59. The summed E-state index contributed by atoms with van der Waals surface area (Å²) in [5.74, 6) is 0.959. The normalized spacial score (nSPS) is 16.6. The first-order chi connectivity index (χ1) is 13.5. The van der Waals surface area contributed by atoms with E-state index in [1.807, 2.05) is 36.1 Å². The van der Waals surface area contributed by atoms with Crippen LogP contribution in [0.1, 0.15) is 36.2 Å². The Hall–Kier alpha value is -2.16. The van der Waals surface area contributed by atoms with E-state index in [2.05, 4.69) is 10.1 Å². The molecule has 0 saturated carbocycles. The van der Waals surface area contributed by atoms with Crippen molar-refractivity contribution < 1.29 is 14.8 Å². The highest BCUT2D eigenvalue weighted by Gasteiger charge is 2.35. The van der Waals surface area contributed by atoms with Crippen LogP contribution in [-0.4, -0.2) is 56.7 Å². The minimum Gasteiger partial charge on any atom is -0.492 e. The number of aromatic hydroxyl groups is 1. The maximum Gasteiger partial charge on any atom is 0.235 e. The number of nitrogens with zero attached hydrogens (tertiary/aromatic N) is 4. The quantitative estimate of drug-likeness (QED) is 0.671. The first-order valence-electron chi connectivity index (χ1n) is 9.40. The van der Waals surface area contributed by atoms with Gasteiger partial charge in [-0.3, -0.25) is 4.79 Å². The molecular formula is C19H23ClN5O2S+. The zero-order valence-electron chi connectivity index (χ0n) is 15.9. The molecule has 1 atom stereocenters. The predicted octanol–water partition coefficient (Wildman–Crippen LogP) is 1.55. The monoisotopic (exact) mass is 420 g/mol. The highest BCUT2D eigenvalue weighted by molar-refractivity contribution is 7.17. The molecule has 2 N–H and O–H groups in total. The van der Waals surface area contributed by atoms with Crippen molar-refractivity contribution in [1.29, 1.82) is 0 Å². The fraction of sp³-hybridized carbons (Fsp3) is 0.421. The zero-order valence-corrected chi connectivity index (χ0v) is 17.4. The second kappa shape index (κ2) is 7.69. The van der Waals surface area contributed by atoms with Crippen LogP contribution in [0.2, 0.25) is 5.02 Å². The highest BCUT2D eigenvalue weighted by Crippen LogP contribution is 2.35. The molecule has 0 spiro atoms. The first kappa shape index (κ1) is 19.2. The van der Waals surface area contributed by atoms with Gasteiger partial charge in [0.25, 0.3) is 0 Å². The van der Waals surface area contributed by atoms with Gasteiger partial charge in [0.1, 0.15) is 4.88 Å². The number of hydrogen-bond acceptors (Lipinski definition) is 5. The number of piperazine rings is 1. The number of aryl methyl sites for hydroxylation is 1. The first-order valence-corrected chi connectivity index (χ1v) is 10.6. The molecule has 0 unspecified atom stereocenters. The smallest absolute Gasteiger partial charge is 0.235 e. The number of fused-ring (bicyclic) bond motifs is 1. The van der Waals surface area contributed by atoms with Gasteiger partial charge >= 0.3 is 0 Å². The summed E-state index contributed by atoms with van der Waals surface area (Å²) in [6.07, 6.45) is 0.721. The van der Waals surface area contributed by atoms with Crippen molar-refractivity contribution in [3.8, 4) is 5.88 Å². The number of rotatable bonds is 4. The van der Waals surface area contributed by atoms with Crippen LogP contribution < -0.4 is 4.90 Å². The number of nitrogens with one attached hydrogen (secondary N) is 1. The van der Waals surface area contributed by atoms with Crippen molar-refractivity contribution in [3.63, 3.8) is 0 Å². The van der Waals surface area contributed by atoms with E-state index >= 15 is 0 Å². The molecule has 1 fully saturated rings. The van der Waals surface area contributed by atoms with Gasteiger partial charge in [-0.1, -0.05) is 42.0 Å². The SMILES string of the molecule is CCc1nc2sc([C@H](c3cccc(Cl)c3)[NH+]3CCN(C(C)=O)CC3)c(O)n2n1. The van der Waals surface area contributed by atoms with Gasteiger partial charge in [-0.25, -0.2) is 4.98 Å². The minimum atomic E-state index is -0.0913. The largest absolute Gasteiger partial charge is 0.492 e. The molecule has 0 radical (unpaired) electrons. The third kappa shape index (κ3) is 3.47. The molecule has 1 saturated heterocycles. The molecule has 28 heavy (non-hydrogen) atoms. The van der Waals surface area contributed by atoms with Crippen molar-refractivity contribution in [1.82, 2.24) is 19.5 Å². The van der Waals surface area contributed by atoms with Crippen LogP contribution in [0.3, 0.4) is 0 Å². The lowest BCUT2D eigenvalue weighted by molar-refractivity contribution is -0.929. The van der Waals surface area contributed by atoms with Gasteiger partial charge < -0.3 is 14.9 Å². The third-order valence-corrected chi connectivity index (χ3v) is 6.58. The highest BCUT2D eigenvalue weighted by atomic mass is 35.5. The van der Waals surface area contributed by atoms with E-state index in [9.17, 15) is 9.90 Å². The summed E-state index contributed by atoms with van der Waals surface area (Å²) in [6, 6.07) is 7.67. The van der Waals surface area contributed by atoms with Crippen molar-refractivity contribution in [3.05, 3.63) is 45.6 Å². The molecule has 9 heteroatoms. The second-order valence-electron chi connectivity index (χ2n) is 7.02. The molecule has 3 aromatic rings. The van der Waals surface area contributed by atoms with Gasteiger partial charge in [0.15, 0.2) is 11.9 Å². The van der Waals surface area contributed by atoms with Crippen LogP contribution in [0.4, 0.5) is 0 Å². The average Bonchev–Trinajstić information content (AvgIpc) is 3.22. The van der Waals surface area contributed by atoms with E-state index in [1.165, 1.54) is 20.8 Å². The van der Waals surface area contributed by atoms with Gasteiger partial charge in [-0.05, 0) is 12.1 Å². The summed E-state index contributed by atoms with van der Waals surface area (Å²) in [5, 5.41) is 16.0. The van der Waals surface area contributed by atoms with E-state index in [4.69, 9.17) is 11.6 Å². The van der Waals surface area contributed by atoms with Crippen LogP contribution >= 0.6 is 22.9 Å². The van der Waals surface area contributed by atoms with Crippen molar-refractivity contribution in [2.24, 2.45) is 0 Å². The van der Waals surface area contributed by atoms with Crippen LogP contribution in [0.5, 0.6) is 5.88 Å². The minimum absolute atomic E-state index is 0.0913. The lowest BCUT2D eigenvalue weighted by Gasteiger charge is -2.36. The molecule has 148 valence electrons. The van der Waals surface area contributed by atoms with Crippen LogP contribution in [-0.2, 0) is 11.2 Å². The molecule has 4 rings (SSSR count). The van der Waals surface area contributed by atoms with E-state index in [0.29, 0.717) is 23.1 Å². The van der Waals surface area contributed by atoms with E-state index < -0.39 is 0 Å². The number of hydrogen-bond donors (Lipinski definition) is 2. The lowest BCUT2D eigenvalue weighted by Crippen LogP contribution is -3.15. The molecule has 3 heterocycles. The number of carbonyl (C=O) groups is 1. The molecule has 7 nitrogen and oxygen atoms in total. The number of amides is 1. The van der Waals surface area contributed by atoms with Crippen LogP contribution in [0.15, 0.2) is 24.3 Å². The number of thiazole rings is 1. The second-order valence-corrected chi connectivity index (χ2v) is 8.46. The molecule has 0 aliphatic carbocycles. The maximum atomic E-state index is 11.7. The van der Waals surface area contributed by atoms with Crippen LogP contribution in [0, 0.1) is 0 Å². The van der Waals surface area contributed by atoms with Gasteiger partial charge in [-0.2, -0.15) is 4.52 Å². The van der Waals surface area contributed by atoms with Gasteiger partial charge in [-0.15, -0.1) is 5.10 Å². The van der Waals surface area contributed by atoms with Gasteiger partial charge in [0.2, 0.25) is 16.7 Å². The Labute approximate surface area is 172 Å². The average molecular weight is 421 g/mol. The molecule has 0 bridgehead atoms. The molecule has 1 aromatic carbocycles. The lowest BCUT2D eigenvalue weighted by atomic mass is 10.0. The topological polar surface area (TPSA) is 75.2 Å². The summed E-state index contributed by atoms with van der Waals surface area (Å²) in [4.78, 5) is 20.9. The number of aromatic nitrogens is 3. The van der Waals surface area contributed by atoms with Crippen LogP contribution in [0.25, 0.3) is 4.96 Å². The predicted molar refractivity (Wildman–Crippen MR) is 108 cm³/mol. The Morgan fingerprint density at radius 1 is 1.39 bits per heavy atom. The summed E-state index contributed by atoms with van der Waals surface area (Å²) < 4.78 is 1.53. The fourth-order valence-electron chi connectivity index (χ4n) is 3.78. The van der Waals surface area contributed by atoms with Gasteiger partial charge in [0, 0.05) is 23.9 Å². The third-order valence-electron chi connectivity index (χ3n) is 5.26. The van der Waals surface area contributed by atoms with E-state index in [0.717, 1.165) is 35.8 Å². The van der Waals surface area contributed by atoms with E-state index in [1.54, 1.807) is 6.92 Å². The van der Waals surface area contributed by atoms with Crippen molar-refractivity contribution in [2.75, 3.05) is 26.2 Å². The number of benzene rings is 1. The Morgan fingerprint density at radius 2 is 2.14 bits per heavy atom. The molecule has 2 aromatic heterocycles. The standard InChI is InChI=1S/C19H22ClN5O2S/c1-3-15-21-19-25(22-15)18(27)17(28-19)16(13-5-4-6-14(20)11-13)24-9-7-23(8-10-24)12(2)26/h4-6,11,16,27H,3,7-10H2,1-2H3/p+1/t16-/m0/s1. The number of quaternary nitrogens is 1. The number of halogens is 1. The Balaban J connectivity index is 1.74. The zero-order chi connectivity index (χ0) is 19.8. The number of carbonyl (C=O) groups excluding carboxylic acids is 1. The Bertz CT molecular complexity index is 1010. The molecule has 1 aliphatic rings. The van der Waals surface area contributed by atoms with Gasteiger partial charge in [0.05, 0.1) is 26.2 Å². The van der Waals surface area contributed by atoms with Crippen molar-refractivity contribution in [2.45, 2.75) is 26.3 Å². The van der Waals surface area contributed by atoms with E-state index in [-0.39, 0.29) is 17.8 Å². The molecular weight excluding hydrogens is 398 g/mol. The Morgan fingerprint density at radius 3 is 2.75 bits per heavy atom. The molecule has 1 amide bonds. The fourth-order valence-corrected chi connectivity index (χ4v) is 5.14. The molecule has 1 aliphatic heterocycles. The summed E-state index contributed by atoms with van der Waals surface area (Å²) in [7, 11) is 0. The summed E-state index contributed by atoms with van der Waals surface area (Å²) in [5.41, 5.74) is 1.04.